The maximum atomic E-state index is 13.3. The van der Waals surface area contributed by atoms with Crippen LogP contribution < -0.4 is 10.6 Å². The van der Waals surface area contributed by atoms with Crippen molar-refractivity contribution in [2.45, 2.75) is 64.6 Å². The second-order valence-electron chi connectivity index (χ2n) is 11.8. The van der Waals surface area contributed by atoms with E-state index in [0.29, 0.717) is 51.2 Å². The molecule has 12 heteroatoms. The number of rotatable bonds is 12. The fraction of sp³-hybridized carbons (Fsp3) is 0.500. The van der Waals surface area contributed by atoms with Crippen LogP contribution in [0.5, 0.6) is 5.75 Å². The fourth-order valence-corrected chi connectivity index (χ4v) is 5.79. The lowest BCUT2D eigenvalue weighted by atomic mass is 9.91. The van der Waals surface area contributed by atoms with Crippen LogP contribution >= 0.6 is 0 Å². The third-order valence-electron chi connectivity index (χ3n) is 8.42. The van der Waals surface area contributed by atoms with Gasteiger partial charge in [0.1, 0.15) is 18.5 Å². The number of phenols is 1. The van der Waals surface area contributed by atoms with Gasteiger partial charge >= 0.3 is 12.1 Å². The highest BCUT2D eigenvalue weighted by Gasteiger charge is 2.31. The van der Waals surface area contributed by atoms with E-state index >= 15 is 0 Å². The number of piperidine rings is 2. The van der Waals surface area contributed by atoms with Crippen molar-refractivity contribution in [3.05, 3.63) is 65.7 Å². The van der Waals surface area contributed by atoms with Gasteiger partial charge in [-0.15, -0.1) is 0 Å². The monoisotopic (exact) mass is 636 g/mol. The minimum absolute atomic E-state index is 0.00598. The molecule has 2 aliphatic rings. The highest BCUT2D eigenvalue weighted by atomic mass is 16.6. The first-order valence-electron chi connectivity index (χ1n) is 16.0. The first-order valence-corrected chi connectivity index (χ1v) is 16.0. The molecule has 4 rings (SSSR count). The number of ether oxygens (including phenoxy) is 2. The van der Waals surface area contributed by atoms with Gasteiger partial charge in [0.25, 0.3) is 5.91 Å². The van der Waals surface area contributed by atoms with Crippen molar-refractivity contribution in [1.82, 2.24) is 20.4 Å². The lowest BCUT2D eigenvalue weighted by Gasteiger charge is -2.34. The second kappa shape index (κ2) is 17.2. The van der Waals surface area contributed by atoms with Crippen molar-refractivity contribution < 1.29 is 38.6 Å². The molecule has 2 heterocycles. The number of hydrogen-bond donors (Lipinski definition) is 3. The predicted octanol–water partition coefficient (Wildman–Crippen LogP) is 3.59. The zero-order valence-electron chi connectivity index (χ0n) is 26.3. The van der Waals surface area contributed by atoms with Crippen molar-refractivity contribution in [1.29, 1.82) is 0 Å². The number of phenolic OH excluding ortho intramolecular Hbond substituents is 1. The lowest BCUT2D eigenvalue weighted by molar-refractivity contribution is -0.144. The number of nitrogens with zero attached hydrogens (tertiary/aromatic N) is 2. The molecular weight excluding hydrogens is 592 g/mol. The number of benzene rings is 2. The van der Waals surface area contributed by atoms with Gasteiger partial charge in [0.2, 0.25) is 11.8 Å². The van der Waals surface area contributed by atoms with Crippen molar-refractivity contribution in [2.24, 2.45) is 11.8 Å². The molecule has 2 atom stereocenters. The standard InChI is InChI=1S/C34H44N4O8/c1-2-45-31(41)21-29(35-32(42)26-11-13-28(39)14-12-26)36-33(43)27-9-6-18-38(22-27)30(40)15-10-24-16-19-37(20-17-24)34(44)46-23-25-7-4-3-5-8-25/h3-5,7-8,11-14,24,27,29,39H,2,6,9-10,15-23H2,1H3,(H,35,42)(H,36,43)/t27-,29-/m1/s1. The molecule has 248 valence electrons. The minimum Gasteiger partial charge on any atom is -0.508 e. The largest absolute Gasteiger partial charge is 0.508 e. The Hall–Kier alpha value is -4.61. The van der Waals surface area contributed by atoms with Crippen LogP contribution in [-0.2, 0) is 30.5 Å². The van der Waals surface area contributed by atoms with Crippen LogP contribution in [-0.4, -0.2) is 83.6 Å². The zero-order chi connectivity index (χ0) is 32.9. The molecule has 0 bridgehead atoms. The zero-order valence-corrected chi connectivity index (χ0v) is 26.3. The number of hydrogen-bond acceptors (Lipinski definition) is 8. The molecule has 3 N–H and O–H groups in total. The van der Waals surface area contributed by atoms with Gasteiger partial charge < -0.3 is 35.0 Å². The highest BCUT2D eigenvalue weighted by Crippen LogP contribution is 2.24. The Morgan fingerprint density at radius 1 is 0.891 bits per heavy atom. The number of nitrogens with one attached hydrogen (secondary N) is 2. The number of likely N-dealkylation sites (tertiary alicyclic amines) is 2. The summed E-state index contributed by atoms with van der Waals surface area (Å²) in [7, 11) is 0. The third-order valence-corrected chi connectivity index (χ3v) is 8.42. The van der Waals surface area contributed by atoms with E-state index in [1.807, 2.05) is 30.3 Å². The number of carbonyl (C=O) groups excluding carboxylic acids is 5. The van der Waals surface area contributed by atoms with Crippen LogP contribution in [0, 0.1) is 11.8 Å². The summed E-state index contributed by atoms with van der Waals surface area (Å²) in [5, 5.41) is 14.9. The summed E-state index contributed by atoms with van der Waals surface area (Å²) in [6.45, 7) is 4.08. The summed E-state index contributed by atoms with van der Waals surface area (Å²) in [6, 6.07) is 15.2. The molecule has 12 nitrogen and oxygen atoms in total. The molecule has 0 unspecified atom stereocenters. The van der Waals surface area contributed by atoms with E-state index < -0.39 is 24.0 Å². The van der Waals surface area contributed by atoms with Crippen molar-refractivity contribution in [2.75, 3.05) is 32.8 Å². The molecule has 0 spiro atoms. The van der Waals surface area contributed by atoms with Crippen molar-refractivity contribution in [3.8, 4) is 5.75 Å². The lowest BCUT2D eigenvalue weighted by Crippen LogP contribution is -2.53. The molecular formula is C34H44N4O8. The van der Waals surface area contributed by atoms with Crippen LogP contribution in [0.1, 0.15) is 67.8 Å². The van der Waals surface area contributed by atoms with E-state index in [9.17, 15) is 29.1 Å². The van der Waals surface area contributed by atoms with Gasteiger partial charge in [-0.2, -0.15) is 0 Å². The first kappa shape index (κ1) is 34.3. The van der Waals surface area contributed by atoms with Crippen molar-refractivity contribution in [3.63, 3.8) is 0 Å². The van der Waals surface area contributed by atoms with Gasteiger partial charge in [0.15, 0.2) is 0 Å². The molecule has 2 aliphatic heterocycles. The number of carbonyl (C=O) groups is 5. The Balaban J connectivity index is 1.21. The first-order chi connectivity index (χ1) is 22.2. The van der Waals surface area contributed by atoms with Gasteiger partial charge in [0, 0.05) is 38.2 Å². The van der Waals surface area contributed by atoms with E-state index in [1.54, 1.807) is 16.7 Å². The van der Waals surface area contributed by atoms with E-state index in [1.165, 1.54) is 24.3 Å². The topological polar surface area (TPSA) is 155 Å². The van der Waals surface area contributed by atoms with Gasteiger partial charge in [-0.05, 0) is 74.8 Å². The molecule has 0 aliphatic carbocycles. The molecule has 2 aromatic rings. The van der Waals surface area contributed by atoms with E-state index in [0.717, 1.165) is 18.4 Å². The Labute approximate surface area is 269 Å². The fourth-order valence-electron chi connectivity index (χ4n) is 5.79. The Morgan fingerprint density at radius 3 is 2.30 bits per heavy atom. The summed E-state index contributed by atoms with van der Waals surface area (Å²) in [5.74, 6) is -1.62. The maximum Gasteiger partial charge on any atom is 0.410 e. The molecule has 46 heavy (non-hydrogen) atoms. The van der Waals surface area contributed by atoms with Gasteiger partial charge in [0.05, 0.1) is 18.9 Å². The van der Waals surface area contributed by atoms with Crippen LogP contribution in [0.25, 0.3) is 0 Å². The third kappa shape index (κ3) is 10.5. The Morgan fingerprint density at radius 2 is 1.61 bits per heavy atom. The van der Waals surface area contributed by atoms with Gasteiger partial charge in [-0.25, -0.2) is 4.79 Å². The SMILES string of the molecule is CCOC(=O)C[C@H](NC(=O)c1ccc(O)cc1)NC(=O)[C@@H]1CCCN(C(=O)CCC2CCN(C(=O)OCc3ccccc3)CC2)C1. The quantitative estimate of drug-likeness (QED) is 0.236. The number of amides is 4. The molecule has 0 saturated carbocycles. The van der Waals surface area contributed by atoms with Crippen LogP contribution in [0.15, 0.2) is 54.6 Å². The van der Waals surface area contributed by atoms with Crippen LogP contribution in [0.2, 0.25) is 0 Å². The van der Waals surface area contributed by atoms with Crippen molar-refractivity contribution >= 4 is 29.8 Å². The van der Waals surface area contributed by atoms with E-state index in [2.05, 4.69) is 10.6 Å². The summed E-state index contributed by atoms with van der Waals surface area (Å²) in [5.41, 5.74) is 1.19. The summed E-state index contributed by atoms with van der Waals surface area (Å²) in [6.07, 6.45) is 2.33. The Kier molecular flexibility index (Phi) is 12.8. The molecule has 0 radical (unpaired) electrons. The minimum atomic E-state index is -1.01. The summed E-state index contributed by atoms with van der Waals surface area (Å²) >= 11 is 0. The normalized spacial score (nSPS) is 17.5. The number of aromatic hydroxyl groups is 1. The Bertz CT molecular complexity index is 1330. The molecule has 4 amide bonds. The molecule has 2 aromatic carbocycles. The van der Waals surface area contributed by atoms with Crippen LogP contribution in [0.4, 0.5) is 4.79 Å². The average molecular weight is 637 g/mol. The predicted molar refractivity (Wildman–Crippen MR) is 168 cm³/mol. The molecule has 0 aromatic heterocycles. The van der Waals surface area contributed by atoms with E-state index in [-0.39, 0.29) is 55.4 Å². The average Bonchev–Trinajstić information content (AvgIpc) is 3.07. The molecule has 2 saturated heterocycles. The van der Waals surface area contributed by atoms with E-state index in [4.69, 9.17) is 9.47 Å². The number of esters is 1. The molecule has 2 fully saturated rings. The highest BCUT2D eigenvalue weighted by molar-refractivity contribution is 5.95. The maximum absolute atomic E-state index is 13.3. The van der Waals surface area contributed by atoms with Crippen LogP contribution in [0.3, 0.4) is 0 Å². The van der Waals surface area contributed by atoms with Gasteiger partial charge in [-0.1, -0.05) is 30.3 Å². The summed E-state index contributed by atoms with van der Waals surface area (Å²) in [4.78, 5) is 67.3. The second-order valence-corrected chi connectivity index (χ2v) is 11.8. The summed E-state index contributed by atoms with van der Waals surface area (Å²) < 4.78 is 10.5. The smallest absolute Gasteiger partial charge is 0.410 e. The van der Waals surface area contributed by atoms with Gasteiger partial charge in [-0.3, -0.25) is 19.2 Å².